The highest BCUT2D eigenvalue weighted by atomic mass is 28.4. The zero-order valence-corrected chi connectivity index (χ0v) is 14.7. The SMILES string of the molecule is CCCCCCCCCCCC(O)CO[Si](C)(C)C. The molecule has 1 atom stereocenters. The Morgan fingerprint density at radius 3 is 1.79 bits per heavy atom. The molecule has 0 amide bonds. The van der Waals surface area contributed by atoms with Crippen molar-refractivity contribution in [1.29, 1.82) is 0 Å². The molecule has 0 aliphatic rings. The van der Waals surface area contributed by atoms with Gasteiger partial charge in [-0.2, -0.15) is 0 Å². The Labute approximate surface area is 122 Å². The summed E-state index contributed by atoms with van der Waals surface area (Å²) >= 11 is 0. The van der Waals surface area contributed by atoms with Crippen molar-refractivity contribution in [1.82, 2.24) is 0 Å². The van der Waals surface area contributed by atoms with E-state index in [1.807, 2.05) is 0 Å². The van der Waals surface area contributed by atoms with E-state index in [0.29, 0.717) is 6.61 Å². The predicted molar refractivity (Wildman–Crippen MR) is 87.1 cm³/mol. The molecule has 2 nitrogen and oxygen atoms in total. The molecule has 0 aromatic carbocycles. The van der Waals surface area contributed by atoms with E-state index in [9.17, 15) is 5.11 Å². The first kappa shape index (κ1) is 19.1. The summed E-state index contributed by atoms with van der Waals surface area (Å²) in [6, 6.07) is 0. The van der Waals surface area contributed by atoms with Gasteiger partial charge in [-0.1, -0.05) is 64.7 Å². The summed E-state index contributed by atoms with van der Waals surface area (Å²) in [6.07, 6.45) is 12.7. The molecule has 19 heavy (non-hydrogen) atoms. The largest absolute Gasteiger partial charge is 0.415 e. The van der Waals surface area contributed by atoms with Gasteiger partial charge in [-0.3, -0.25) is 0 Å². The van der Waals surface area contributed by atoms with Crippen molar-refractivity contribution in [2.75, 3.05) is 6.61 Å². The molecule has 0 spiro atoms. The van der Waals surface area contributed by atoms with E-state index in [4.69, 9.17) is 4.43 Å². The van der Waals surface area contributed by atoms with Crippen LogP contribution < -0.4 is 0 Å². The van der Waals surface area contributed by atoms with Crippen LogP contribution in [0.4, 0.5) is 0 Å². The number of rotatable bonds is 13. The molecule has 0 aromatic heterocycles. The zero-order chi connectivity index (χ0) is 14.6. The molecule has 1 N–H and O–H groups in total. The molecule has 0 aromatic rings. The van der Waals surface area contributed by atoms with Crippen LogP contribution in [0, 0.1) is 0 Å². The van der Waals surface area contributed by atoms with E-state index in [1.54, 1.807) is 0 Å². The van der Waals surface area contributed by atoms with E-state index < -0.39 is 8.32 Å². The summed E-state index contributed by atoms with van der Waals surface area (Å²) in [6.45, 7) is 9.29. The lowest BCUT2D eigenvalue weighted by Crippen LogP contribution is -2.30. The van der Waals surface area contributed by atoms with E-state index in [-0.39, 0.29) is 6.10 Å². The van der Waals surface area contributed by atoms with Gasteiger partial charge >= 0.3 is 0 Å². The van der Waals surface area contributed by atoms with Crippen molar-refractivity contribution in [3.05, 3.63) is 0 Å². The molecule has 0 saturated heterocycles. The lowest BCUT2D eigenvalue weighted by atomic mass is 10.1. The average Bonchev–Trinajstić information content (AvgIpc) is 2.33. The fraction of sp³-hybridized carbons (Fsp3) is 1.00. The molecule has 0 heterocycles. The van der Waals surface area contributed by atoms with E-state index in [2.05, 4.69) is 26.6 Å². The Morgan fingerprint density at radius 1 is 0.842 bits per heavy atom. The van der Waals surface area contributed by atoms with Gasteiger partial charge in [0, 0.05) is 0 Å². The van der Waals surface area contributed by atoms with Crippen molar-refractivity contribution in [3.8, 4) is 0 Å². The van der Waals surface area contributed by atoms with Gasteiger partial charge in [-0.15, -0.1) is 0 Å². The summed E-state index contributed by atoms with van der Waals surface area (Å²) < 4.78 is 5.71. The van der Waals surface area contributed by atoms with E-state index >= 15 is 0 Å². The van der Waals surface area contributed by atoms with Crippen molar-refractivity contribution >= 4 is 8.32 Å². The first-order valence-electron chi connectivity index (χ1n) is 8.27. The number of hydrogen-bond acceptors (Lipinski definition) is 2. The minimum atomic E-state index is -1.46. The van der Waals surface area contributed by atoms with Crippen LogP contribution in [0.3, 0.4) is 0 Å². The second-order valence-electron chi connectivity index (χ2n) is 6.69. The molecule has 0 fully saturated rings. The maximum absolute atomic E-state index is 9.81. The number of unbranched alkanes of at least 4 members (excludes halogenated alkanes) is 8. The van der Waals surface area contributed by atoms with Gasteiger partial charge in [-0.25, -0.2) is 0 Å². The first-order chi connectivity index (χ1) is 8.95. The van der Waals surface area contributed by atoms with Crippen molar-refractivity contribution in [3.63, 3.8) is 0 Å². The summed E-state index contributed by atoms with van der Waals surface area (Å²) in [7, 11) is -1.46. The van der Waals surface area contributed by atoms with Crippen molar-refractivity contribution in [2.24, 2.45) is 0 Å². The van der Waals surface area contributed by atoms with Gasteiger partial charge in [0.25, 0.3) is 0 Å². The van der Waals surface area contributed by atoms with Crippen LogP contribution in [0.15, 0.2) is 0 Å². The minimum absolute atomic E-state index is 0.253. The standard InChI is InChI=1S/C16H36O2Si/c1-5-6-7-8-9-10-11-12-13-14-16(17)15-18-19(2,3)4/h16-17H,5-15H2,1-4H3. The molecule has 0 saturated carbocycles. The predicted octanol–water partition coefficient (Wildman–Crippen LogP) is 5.12. The Kier molecular flexibility index (Phi) is 12.0. The first-order valence-corrected chi connectivity index (χ1v) is 11.7. The minimum Gasteiger partial charge on any atom is -0.415 e. The van der Waals surface area contributed by atoms with Crippen LogP contribution in [-0.2, 0) is 4.43 Å². The Bertz CT molecular complexity index is 190. The normalized spacial score (nSPS) is 13.7. The van der Waals surface area contributed by atoms with Crippen molar-refractivity contribution in [2.45, 2.75) is 96.9 Å². The summed E-state index contributed by atoms with van der Waals surface area (Å²) in [5, 5.41) is 9.81. The number of aliphatic hydroxyl groups excluding tert-OH is 1. The molecule has 0 bridgehead atoms. The lowest BCUT2D eigenvalue weighted by molar-refractivity contribution is 0.0942. The van der Waals surface area contributed by atoms with E-state index in [0.717, 1.165) is 12.8 Å². The van der Waals surface area contributed by atoms with Crippen LogP contribution >= 0.6 is 0 Å². The van der Waals surface area contributed by atoms with Crippen molar-refractivity contribution < 1.29 is 9.53 Å². The van der Waals surface area contributed by atoms with Crippen LogP contribution in [0.25, 0.3) is 0 Å². The van der Waals surface area contributed by atoms with Crippen LogP contribution in [0.1, 0.15) is 71.1 Å². The maximum Gasteiger partial charge on any atom is 0.183 e. The second kappa shape index (κ2) is 11.9. The second-order valence-corrected chi connectivity index (χ2v) is 11.2. The smallest absolute Gasteiger partial charge is 0.183 e. The highest BCUT2D eigenvalue weighted by Gasteiger charge is 2.16. The van der Waals surface area contributed by atoms with E-state index in [1.165, 1.54) is 51.4 Å². The van der Waals surface area contributed by atoms with Crippen LogP contribution in [0.5, 0.6) is 0 Å². The lowest BCUT2D eigenvalue weighted by Gasteiger charge is -2.20. The fourth-order valence-corrected chi connectivity index (χ4v) is 2.81. The molecular formula is C16H36O2Si. The molecular weight excluding hydrogens is 252 g/mol. The summed E-state index contributed by atoms with van der Waals surface area (Å²) in [5.41, 5.74) is 0. The van der Waals surface area contributed by atoms with Crippen LogP contribution in [0.2, 0.25) is 19.6 Å². The molecule has 3 heteroatoms. The molecule has 116 valence electrons. The monoisotopic (exact) mass is 288 g/mol. The molecule has 0 rings (SSSR count). The number of hydrogen-bond donors (Lipinski definition) is 1. The molecule has 0 radical (unpaired) electrons. The third-order valence-electron chi connectivity index (χ3n) is 3.35. The highest BCUT2D eigenvalue weighted by Crippen LogP contribution is 2.12. The number of aliphatic hydroxyl groups is 1. The molecule has 0 aliphatic heterocycles. The third kappa shape index (κ3) is 16.1. The van der Waals surface area contributed by atoms with Gasteiger partial charge in [0.05, 0.1) is 12.7 Å². The summed E-state index contributed by atoms with van der Waals surface area (Å²) in [5.74, 6) is 0. The maximum atomic E-state index is 9.81. The summed E-state index contributed by atoms with van der Waals surface area (Å²) in [4.78, 5) is 0. The highest BCUT2D eigenvalue weighted by molar-refractivity contribution is 6.69. The zero-order valence-electron chi connectivity index (χ0n) is 13.7. The molecule has 0 aliphatic carbocycles. The average molecular weight is 289 g/mol. The topological polar surface area (TPSA) is 29.5 Å². The third-order valence-corrected chi connectivity index (χ3v) is 4.38. The van der Waals surface area contributed by atoms with Crippen LogP contribution in [-0.4, -0.2) is 26.1 Å². The Morgan fingerprint density at radius 2 is 1.32 bits per heavy atom. The van der Waals surface area contributed by atoms with Gasteiger partial charge in [0.2, 0.25) is 0 Å². The van der Waals surface area contributed by atoms with Gasteiger partial charge in [-0.05, 0) is 26.1 Å². The molecule has 1 unspecified atom stereocenters. The van der Waals surface area contributed by atoms with Gasteiger partial charge in [0.1, 0.15) is 0 Å². The van der Waals surface area contributed by atoms with Gasteiger partial charge < -0.3 is 9.53 Å². The Hall–Kier alpha value is 0.137. The van der Waals surface area contributed by atoms with Gasteiger partial charge in [0.15, 0.2) is 8.32 Å². The Balaban J connectivity index is 3.21. The quantitative estimate of drug-likeness (QED) is 0.376. The fourth-order valence-electron chi connectivity index (χ4n) is 2.12.